The van der Waals surface area contributed by atoms with Gasteiger partial charge in [-0.25, -0.2) is 9.97 Å². The van der Waals surface area contributed by atoms with Crippen LogP contribution >= 0.6 is 0 Å². The van der Waals surface area contributed by atoms with Crippen LogP contribution in [-0.4, -0.2) is 51.3 Å². The van der Waals surface area contributed by atoms with E-state index in [1.54, 1.807) is 18.1 Å². The Morgan fingerprint density at radius 3 is 2.58 bits per heavy atom. The van der Waals surface area contributed by atoms with Gasteiger partial charge in [0, 0.05) is 26.8 Å². The Labute approximate surface area is 150 Å². The molecule has 1 aliphatic rings. The van der Waals surface area contributed by atoms with Gasteiger partial charge in [-0.05, 0) is 44.0 Å². The molecule has 1 fully saturated rings. The molecule has 0 N–H and O–H groups in total. The van der Waals surface area contributed by atoms with Gasteiger partial charge in [-0.2, -0.15) is 18.3 Å². The molecule has 0 saturated carbocycles. The van der Waals surface area contributed by atoms with Crippen molar-refractivity contribution in [2.24, 2.45) is 13.0 Å². The van der Waals surface area contributed by atoms with Crippen LogP contribution in [0.25, 0.3) is 0 Å². The normalized spacial score (nSPS) is 16.8. The number of aromatic nitrogens is 4. The van der Waals surface area contributed by atoms with Crippen LogP contribution in [0.4, 0.5) is 19.0 Å². The van der Waals surface area contributed by atoms with Crippen LogP contribution in [0.3, 0.4) is 0 Å². The molecule has 0 unspecified atom stereocenters. The highest BCUT2D eigenvalue weighted by molar-refractivity contribution is 5.41. The Hall–Kier alpha value is -2.16. The van der Waals surface area contributed by atoms with Crippen molar-refractivity contribution in [3.63, 3.8) is 0 Å². The van der Waals surface area contributed by atoms with Crippen LogP contribution in [0, 0.1) is 5.92 Å². The van der Waals surface area contributed by atoms with E-state index in [1.165, 1.54) is 6.20 Å². The van der Waals surface area contributed by atoms with Crippen LogP contribution in [0.1, 0.15) is 24.2 Å². The second-order valence-electron chi connectivity index (χ2n) is 6.80. The minimum absolute atomic E-state index is 0.362. The maximum absolute atomic E-state index is 12.9. The van der Waals surface area contributed by atoms with E-state index in [1.807, 2.05) is 11.9 Å². The van der Waals surface area contributed by atoms with Gasteiger partial charge in [-0.1, -0.05) is 0 Å². The van der Waals surface area contributed by atoms with Gasteiger partial charge in [-0.3, -0.25) is 9.58 Å². The third-order valence-electron chi connectivity index (χ3n) is 4.87. The Bertz CT molecular complexity index is 721. The highest BCUT2D eigenvalue weighted by Crippen LogP contribution is 2.31. The van der Waals surface area contributed by atoms with Gasteiger partial charge < -0.3 is 4.90 Å². The molecule has 3 heterocycles. The van der Waals surface area contributed by atoms with Gasteiger partial charge in [0.25, 0.3) is 0 Å². The summed E-state index contributed by atoms with van der Waals surface area (Å²) in [5.41, 5.74) is -0.659. The summed E-state index contributed by atoms with van der Waals surface area (Å²) in [5.74, 6) is 1.74. The van der Waals surface area contributed by atoms with Gasteiger partial charge in [-0.15, -0.1) is 0 Å². The largest absolute Gasteiger partial charge is 0.416 e. The fraction of sp³-hybridized carbons (Fsp3) is 0.588. The third-order valence-corrected chi connectivity index (χ3v) is 4.87. The summed E-state index contributed by atoms with van der Waals surface area (Å²) >= 11 is 0. The minimum atomic E-state index is -4.34. The highest BCUT2D eigenvalue weighted by Gasteiger charge is 2.31. The number of alkyl halides is 3. The Morgan fingerprint density at radius 2 is 1.96 bits per heavy atom. The number of halogens is 3. The SMILES string of the molecule is CN(CC1CCN(Cc2ncnn2C)CC1)c1cc(C(F)(F)F)ccn1. The fourth-order valence-corrected chi connectivity index (χ4v) is 3.27. The van der Waals surface area contributed by atoms with Crippen molar-refractivity contribution in [2.45, 2.75) is 25.6 Å². The van der Waals surface area contributed by atoms with E-state index in [0.717, 1.165) is 50.4 Å². The number of hydrogen-bond acceptors (Lipinski definition) is 5. The summed E-state index contributed by atoms with van der Waals surface area (Å²) in [5, 5.41) is 4.08. The smallest absolute Gasteiger partial charge is 0.359 e. The maximum Gasteiger partial charge on any atom is 0.416 e. The van der Waals surface area contributed by atoms with E-state index in [9.17, 15) is 13.2 Å². The Kier molecular flexibility index (Phi) is 5.45. The first kappa shape index (κ1) is 18.6. The van der Waals surface area contributed by atoms with Gasteiger partial charge in [0.1, 0.15) is 18.0 Å². The van der Waals surface area contributed by atoms with Crippen LogP contribution in [0.2, 0.25) is 0 Å². The lowest BCUT2D eigenvalue weighted by molar-refractivity contribution is -0.137. The molecule has 9 heteroatoms. The quantitative estimate of drug-likeness (QED) is 0.812. The number of aryl methyl sites for hydroxylation is 1. The molecular formula is C17H23F3N6. The Morgan fingerprint density at radius 1 is 1.23 bits per heavy atom. The molecule has 6 nitrogen and oxygen atoms in total. The number of pyridine rings is 1. The van der Waals surface area contributed by atoms with E-state index >= 15 is 0 Å². The molecule has 1 aliphatic heterocycles. The molecule has 142 valence electrons. The summed E-state index contributed by atoms with van der Waals surface area (Å²) in [4.78, 5) is 12.5. The van der Waals surface area contributed by atoms with Crippen LogP contribution in [0.5, 0.6) is 0 Å². The highest BCUT2D eigenvalue weighted by atomic mass is 19.4. The fourth-order valence-electron chi connectivity index (χ4n) is 3.27. The second kappa shape index (κ2) is 7.61. The van der Waals surface area contributed by atoms with E-state index in [2.05, 4.69) is 20.0 Å². The lowest BCUT2D eigenvalue weighted by Gasteiger charge is -2.33. The molecule has 0 amide bonds. The standard InChI is InChI=1S/C17H23F3N6/c1-24(15-9-14(3-6-21-15)17(18,19)20)10-13-4-7-26(8-5-13)11-16-22-12-23-25(16)2/h3,6,9,12-13H,4-5,7-8,10-11H2,1-2H3. The first-order valence-electron chi connectivity index (χ1n) is 8.62. The molecule has 2 aromatic heterocycles. The zero-order valence-electron chi connectivity index (χ0n) is 14.9. The predicted octanol–water partition coefficient (Wildman–Crippen LogP) is 2.58. The molecule has 3 rings (SSSR count). The number of piperidine rings is 1. The van der Waals surface area contributed by atoms with Crippen LogP contribution in [-0.2, 0) is 19.8 Å². The molecule has 0 radical (unpaired) electrons. The molecule has 2 aromatic rings. The number of likely N-dealkylation sites (tertiary alicyclic amines) is 1. The summed E-state index contributed by atoms with van der Waals surface area (Å²) in [6.07, 6.45) is 0.434. The summed E-state index contributed by atoms with van der Waals surface area (Å²) < 4.78 is 40.3. The summed E-state index contributed by atoms with van der Waals surface area (Å²) in [6.45, 7) is 3.36. The Balaban J connectivity index is 1.52. The van der Waals surface area contributed by atoms with E-state index < -0.39 is 11.7 Å². The van der Waals surface area contributed by atoms with Crippen molar-refractivity contribution in [1.82, 2.24) is 24.6 Å². The monoisotopic (exact) mass is 368 g/mol. The number of rotatable bonds is 5. The van der Waals surface area contributed by atoms with Crippen molar-refractivity contribution < 1.29 is 13.2 Å². The van der Waals surface area contributed by atoms with Gasteiger partial charge >= 0.3 is 6.18 Å². The molecule has 1 saturated heterocycles. The van der Waals surface area contributed by atoms with Crippen molar-refractivity contribution in [3.05, 3.63) is 36.0 Å². The first-order chi connectivity index (χ1) is 12.3. The molecule has 0 bridgehead atoms. The van der Waals surface area contributed by atoms with Gasteiger partial charge in [0.15, 0.2) is 0 Å². The number of hydrogen-bond donors (Lipinski definition) is 0. The topological polar surface area (TPSA) is 50.1 Å². The molecular weight excluding hydrogens is 345 g/mol. The van der Waals surface area contributed by atoms with E-state index in [-0.39, 0.29) is 0 Å². The lowest BCUT2D eigenvalue weighted by atomic mass is 9.96. The first-order valence-corrected chi connectivity index (χ1v) is 8.62. The molecule has 0 atom stereocenters. The molecule has 0 spiro atoms. The van der Waals surface area contributed by atoms with Crippen LogP contribution in [0.15, 0.2) is 24.7 Å². The van der Waals surface area contributed by atoms with Crippen molar-refractivity contribution in [3.8, 4) is 0 Å². The lowest BCUT2D eigenvalue weighted by Crippen LogP contribution is -2.38. The van der Waals surface area contributed by atoms with Crippen molar-refractivity contribution >= 4 is 5.82 Å². The molecule has 0 aliphatic carbocycles. The van der Waals surface area contributed by atoms with Crippen molar-refractivity contribution in [2.75, 3.05) is 31.6 Å². The maximum atomic E-state index is 12.9. The minimum Gasteiger partial charge on any atom is -0.359 e. The van der Waals surface area contributed by atoms with E-state index in [0.29, 0.717) is 18.3 Å². The zero-order chi connectivity index (χ0) is 18.7. The molecule has 26 heavy (non-hydrogen) atoms. The molecule has 0 aromatic carbocycles. The van der Waals surface area contributed by atoms with E-state index in [4.69, 9.17) is 0 Å². The third kappa shape index (κ3) is 4.51. The zero-order valence-corrected chi connectivity index (χ0v) is 14.9. The average Bonchev–Trinajstić information content (AvgIpc) is 3.01. The van der Waals surface area contributed by atoms with Gasteiger partial charge in [0.05, 0.1) is 12.1 Å². The number of anilines is 1. The number of nitrogens with zero attached hydrogens (tertiary/aromatic N) is 6. The summed E-state index contributed by atoms with van der Waals surface area (Å²) in [6, 6.07) is 2.12. The predicted molar refractivity (Wildman–Crippen MR) is 91.5 cm³/mol. The van der Waals surface area contributed by atoms with Crippen LogP contribution < -0.4 is 4.90 Å². The van der Waals surface area contributed by atoms with Crippen molar-refractivity contribution in [1.29, 1.82) is 0 Å². The second-order valence-corrected chi connectivity index (χ2v) is 6.80. The average molecular weight is 368 g/mol. The van der Waals surface area contributed by atoms with Gasteiger partial charge in [0.2, 0.25) is 0 Å². The summed E-state index contributed by atoms with van der Waals surface area (Å²) in [7, 11) is 3.68.